The second-order valence-corrected chi connectivity index (χ2v) is 10.1. The molecule has 4 aliphatic carbocycles. The minimum Gasteiger partial charge on any atom is -0.462 e. The van der Waals surface area contributed by atoms with Crippen LogP contribution >= 0.6 is 0 Å². The molecule has 0 amide bonds. The molecular formula is C23H34O4. The number of rotatable bonds is 2. The lowest BCUT2D eigenvalue weighted by atomic mass is 9.47. The van der Waals surface area contributed by atoms with Gasteiger partial charge in [0.1, 0.15) is 11.7 Å². The maximum absolute atomic E-state index is 12.3. The van der Waals surface area contributed by atoms with E-state index >= 15 is 0 Å². The van der Waals surface area contributed by atoms with Gasteiger partial charge >= 0.3 is 5.97 Å². The largest absolute Gasteiger partial charge is 0.462 e. The first-order valence-electron chi connectivity index (χ1n) is 10.7. The molecule has 0 radical (unpaired) electrons. The van der Waals surface area contributed by atoms with Crippen molar-refractivity contribution >= 4 is 11.8 Å². The molecule has 0 aromatic carbocycles. The Morgan fingerprint density at radius 3 is 2.44 bits per heavy atom. The molecular weight excluding hydrogens is 340 g/mol. The van der Waals surface area contributed by atoms with E-state index in [0.717, 1.165) is 44.9 Å². The van der Waals surface area contributed by atoms with Crippen LogP contribution in [0.25, 0.3) is 0 Å². The third kappa shape index (κ3) is 2.58. The fraction of sp³-hybridized carbons (Fsp3) is 0.826. The highest BCUT2D eigenvalue weighted by Gasteiger charge is 2.65. The van der Waals surface area contributed by atoms with Gasteiger partial charge in [0.05, 0.1) is 0 Å². The Kier molecular flexibility index (Phi) is 4.38. The number of aliphatic hydroxyl groups is 1. The van der Waals surface area contributed by atoms with Crippen LogP contribution in [0.2, 0.25) is 0 Å². The Morgan fingerprint density at radius 2 is 1.78 bits per heavy atom. The van der Waals surface area contributed by atoms with Crippen LogP contribution in [-0.2, 0) is 14.3 Å². The first kappa shape index (κ1) is 19.2. The fourth-order valence-corrected chi connectivity index (χ4v) is 7.56. The van der Waals surface area contributed by atoms with Crippen molar-refractivity contribution in [2.45, 2.75) is 90.8 Å². The monoisotopic (exact) mass is 374 g/mol. The number of ketones is 1. The van der Waals surface area contributed by atoms with Crippen molar-refractivity contribution in [2.75, 3.05) is 0 Å². The zero-order valence-electron chi connectivity index (χ0n) is 17.2. The summed E-state index contributed by atoms with van der Waals surface area (Å²) in [6.07, 6.45) is 9.96. The first-order chi connectivity index (χ1) is 12.6. The van der Waals surface area contributed by atoms with Gasteiger partial charge in [-0.25, -0.2) is 0 Å². The summed E-state index contributed by atoms with van der Waals surface area (Å²) in [5.41, 5.74) is 0.235. The molecule has 1 N–H and O–H groups in total. The van der Waals surface area contributed by atoms with Gasteiger partial charge in [0.2, 0.25) is 0 Å². The Labute approximate surface area is 162 Å². The van der Waals surface area contributed by atoms with Gasteiger partial charge in [0, 0.05) is 18.8 Å². The molecule has 27 heavy (non-hydrogen) atoms. The standard InChI is InChI=1S/C23H34O4/c1-14(24)23(26)12-9-20-18-6-5-16-13-17(27-15(2)25)7-10-21(16,3)19(18)8-11-22(20,23)4/h5,17-20,26H,6-13H2,1-4H3/t17-,18+,19-,20-,21+,22+,23+/m1/s1. The lowest BCUT2D eigenvalue weighted by Crippen LogP contribution is -2.57. The van der Waals surface area contributed by atoms with Crippen molar-refractivity contribution in [1.29, 1.82) is 0 Å². The van der Waals surface area contributed by atoms with E-state index in [0.29, 0.717) is 24.2 Å². The predicted octanol–water partition coefficient (Wildman–Crippen LogP) is 4.20. The van der Waals surface area contributed by atoms with Crippen molar-refractivity contribution in [3.05, 3.63) is 11.6 Å². The molecule has 7 atom stereocenters. The number of carbonyl (C=O) groups excluding carboxylic acids is 2. The highest BCUT2D eigenvalue weighted by atomic mass is 16.5. The van der Waals surface area contributed by atoms with E-state index < -0.39 is 5.60 Å². The zero-order chi connectivity index (χ0) is 19.6. The van der Waals surface area contributed by atoms with E-state index in [-0.39, 0.29) is 28.7 Å². The van der Waals surface area contributed by atoms with Crippen molar-refractivity contribution < 1.29 is 19.4 Å². The molecule has 4 aliphatic rings. The SMILES string of the molecule is CC(=O)O[C@@H]1CC[C@@]2(C)C(=CC[C@H]3[C@H]2CC[C@@]2(C)[C@@H]3CC[C@]2(O)C(C)=O)C1. The van der Waals surface area contributed by atoms with Gasteiger partial charge < -0.3 is 9.84 Å². The van der Waals surface area contributed by atoms with Crippen LogP contribution in [0.5, 0.6) is 0 Å². The number of hydrogen-bond donors (Lipinski definition) is 1. The number of carbonyl (C=O) groups is 2. The summed E-state index contributed by atoms with van der Waals surface area (Å²) in [6.45, 7) is 7.64. The maximum atomic E-state index is 12.3. The van der Waals surface area contributed by atoms with Crippen LogP contribution in [0.1, 0.15) is 79.1 Å². The summed E-state index contributed by atoms with van der Waals surface area (Å²) in [4.78, 5) is 23.7. The molecule has 150 valence electrons. The van der Waals surface area contributed by atoms with Gasteiger partial charge in [0.25, 0.3) is 0 Å². The van der Waals surface area contributed by atoms with E-state index in [4.69, 9.17) is 4.74 Å². The second-order valence-electron chi connectivity index (χ2n) is 10.1. The van der Waals surface area contributed by atoms with Crippen molar-refractivity contribution in [2.24, 2.45) is 28.6 Å². The number of esters is 1. The highest BCUT2D eigenvalue weighted by Crippen LogP contribution is 2.67. The zero-order valence-corrected chi connectivity index (χ0v) is 17.2. The van der Waals surface area contributed by atoms with Crippen LogP contribution in [0, 0.1) is 28.6 Å². The average molecular weight is 375 g/mol. The van der Waals surface area contributed by atoms with Gasteiger partial charge in [-0.1, -0.05) is 25.5 Å². The van der Waals surface area contributed by atoms with Gasteiger partial charge in [-0.05, 0) is 75.0 Å². The molecule has 0 aliphatic heterocycles. The number of allylic oxidation sites excluding steroid dienone is 1. The lowest BCUT2D eigenvalue weighted by Gasteiger charge is -2.58. The average Bonchev–Trinajstić information content (AvgIpc) is 2.87. The molecule has 4 rings (SSSR count). The molecule has 0 heterocycles. The Balaban J connectivity index is 1.61. The Bertz CT molecular complexity index is 696. The fourth-order valence-electron chi connectivity index (χ4n) is 7.56. The summed E-state index contributed by atoms with van der Waals surface area (Å²) >= 11 is 0. The van der Waals surface area contributed by atoms with Crippen molar-refractivity contribution in [3.8, 4) is 0 Å². The summed E-state index contributed by atoms with van der Waals surface area (Å²) in [7, 11) is 0. The number of Topliss-reactive ketones (excluding diaryl/α,β-unsaturated/α-hetero) is 1. The summed E-state index contributed by atoms with van der Waals surface area (Å²) in [5, 5.41) is 11.2. The van der Waals surface area contributed by atoms with E-state index in [2.05, 4.69) is 19.9 Å². The van der Waals surface area contributed by atoms with Gasteiger partial charge in [-0.15, -0.1) is 0 Å². The van der Waals surface area contributed by atoms with E-state index in [1.165, 1.54) is 12.5 Å². The minimum atomic E-state index is -1.14. The van der Waals surface area contributed by atoms with Crippen LogP contribution < -0.4 is 0 Å². The molecule has 3 saturated carbocycles. The number of fused-ring (bicyclic) bond motifs is 5. The summed E-state index contributed by atoms with van der Waals surface area (Å²) < 4.78 is 5.51. The van der Waals surface area contributed by atoms with Crippen molar-refractivity contribution in [1.82, 2.24) is 0 Å². The summed E-state index contributed by atoms with van der Waals surface area (Å²) in [5.74, 6) is 1.36. The maximum Gasteiger partial charge on any atom is 0.302 e. The molecule has 3 fully saturated rings. The molecule has 4 heteroatoms. The van der Waals surface area contributed by atoms with Gasteiger partial charge in [0.15, 0.2) is 5.78 Å². The van der Waals surface area contributed by atoms with Gasteiger partial charge in [-0.2, -0.15) is 0 Å². The van der Waals surface area contributed by atoms with Crippen LogP contribution in [0.15, 0.2) is 11.6 Å². The minimum absolute atomic E-state index is 0.0292. The number of hydrogen-bond acceptors (Lipinski definition) is 4. The van der Waals surface area contributed by atoms with E-state index in [1.807, 2.05) is 0 Å². The first-order valence-corrected chi connectivity index (χ1v) is 10.7. The Morgan fingerprint density at radius 1 is 1.07 bits per heavy atom. The molecule has 0 unspecified atom stereocenters. The molecule has 0 aromatic rings. The van der Waals surface area contributed by atoms with Gasteiger partial charge in [-0.3, -0.25) is 9.59 Å². The number of ether oxygens (including phenoxy) is 1. The van der Waals surface area contributed by atoms with Crippen LogP contribution in [0.3, 0.4) is 0 Å². The Hall–Kier alpha value is -1.16. The van der Waals surface area contributed by atoms with Crippen LogP contribution in [0.4, 0.5) is 0 Å². The van der Waals surface area contributed by atoms with E-state index in [9.17, 15) is 14.7 Å². The third-order valence-electron chi connectivity index (χ3n) is 9.13. The molecule has 0 saturated heterocycles. The molecule has 0 spiro atoms. The topological polar surface area (TPSA) is 63.6 Å². The molecule has 0 aromatic heterocycles. The second kappa shape index (κ2) is 6.17. The predicted molar refractivity (Wildman–Crippen MR) is 103 cm³/mol. The third-order valence-corrected chi connectivity index (χ3v) is 9.13. The molecule has 4 nitrogen and oxygen atoms in total. The van der Waals surface area contributed by atoms with E-state index in [1.54, 1.807) is 6.92 Å². The summed E-state index contributed by atoms with van der Waals surface area (Å²) in [6, 6.07) is 0. The normalized spacial score (nSPS) is 48.7. The highest BCUT2D eigenvalue weighted by molar-refractivity contribution is 5.86. The lowest BCUT2D eigenvalue weighted by molar-refractivity contribution is -0.160. The quantitative estimate of drug-likeness (QED) is 0.581. The van der Waals surface area contributed by atoms with Crippen molar-refractivity contribution in [3.63, 3.8) is 0 Å². The molecule has 0 bridgehead atoms. The van der Waals surface area contributed by atoms with Crippen LogP contribution in [-0.4, -0.2) is 28.6 Å². The smallest absolute Gasteiger partial charge is 0.302 e.